The normalized spacial score (nSPS) is 15.6. The molecule has 2 aromatic rings. The van der Waals surface area contributed by atoms with E-state index >= 15 is 0 Å². The highest BCUT2D eigenvalue weighted by Crippen LogP contribution is 2.20. The summed E-state index contributed by atoms with van der Waals surface area (Å²) in [4.78, 5) is 23.9. The summed E-state index contributed by atoms with van der Waals surface area (Å²) in [5.74, 6) is -3.49. The molecule has 0 spiro atoms. The number of carbonyl (C=O) groups is 2. The number of halogens is 3. The quantitative estimate of drug-likeness (QED) is 0.610. The summed E-state index contributed by atoms with van der Waals surface area (Å²) in [6.45, 7) is 1.17. The van der Waals surface area contributed by atoms with E-state index in [0.717, 1.165) is 31.6 Å². The lowest BCUT2D eigenvalue weighted by atomic mass is 10.2. The summed E-state index contributed by atoms with van der Waals surface area (Å²) in [5, 5.41) is 7.91. The first-order valence-electron chi connectivity index (χ1n) is 9.60. The first-order valence-corrected chi connectivity index (χ1v) is 9.60. The van der Waals surface area contributed by atoms with Crippen molar-refractivity contribution >= 4 is 23.2 Å². The highest BCUT2D eigenvalue weighted by molar-refractivity contribution is 5.95. The highest BCUT2D eigenvalue weighted by atomic mass is 19.1. The monoisotopic (exact) mass is 421 g/mol. The molecule has 3 rings (SSSR count). The first-order chi connectivity index (χ1) is 14.4. The van der Waals surface area contributed by atoms with Crippen molar-refractivity contribution in [3.63, 3.8) is 0 Å². The van der Waals surface area contributed by atoms with Gasteiger partial charge in [-0.2, -0.15) is 0 Å². The van der Waals surface area contributed by atoms with Gasteiger partial charge in [0.15, 0.2) is 0 Å². The van der Waals surface area contributed by atoms with Crippen LogP contribution in [0.5, 0.6) is 0 Å². The smallest absolute Gasteiger partial charge is 0.254 e. The highest BCUT2D eigenvalue weighted by Gasteiger charge is 2.16. The molecule has 1 aliphatic heterocycles. The zero-order valence-corrected chi connectivity index (χ0v) is 16.1. The fraction of sp³-hybridized carbons (Fsp3) is 0.333. The minimum absolute atomic E-state index is 0.0645. The van der Waals surface area contributed by atoms with Crippen LogP contribution in [0.15, 0.2) is 36.4 Å². The van der Waals surface area contributed by atoms with Crippen LogP contribution in [0, 0.1) is 17.5 Å². The maximum absolute atomic E-state index is 14.2. The molecule has 3 N–H and O–H groups in total. The maximum Gasteiger partial charge on any atom is 0.254 e. The number of ether oxygens (including phenoxy) is 1. The van der Waals surface area contributed by atoms with Crippen LogP contribution in [0.2, 0.25) is 0 Å². The molecule has 1 fully saturated rings. The van der Waals surface area contributed by atoms with E-state index in [4.69, 9.17) is 4.74 Å². The van der Waals surface area contributed by atoms with Gasteiger partial charge in [-0.3, -0.25) is 9.59 Å². The molecular formula is C21H22F3N3O3. The number of carbonyl (C=O) groups excluding carboxylic acids is 2. The molecule has 30 heavy (non-hydrogen) atoms. The number of anilines is 2. The van der Waals surface area contributed by atoms with Gasteiger partial charge in [-0.25, -0.2) is 13.2 Å². The summed E-state index contributed by atoms with van der Waals surface area (Å²) in [6.07, 6.45) is 1.91. The minimum Gasteiger partial charge on any atom is -0.380 e. The van der Waals surface area contributed by atoms with Crippen molar-refractivity contribution in [3.05, 3.63) is 59.4 Å². The molecule has 1 aliphatic rings. The van der Waals surface area contributed by atoms with Crippen LogP contribution in [0.3, 0.4) is 0 Å². The van der Waals surface area contributed by atoms with Gasteiger partial charge in [0, 0.05) is 37.9 Å². The third-order valence-corrected chi connectivity index (χ3v) is 4.61. The molecule has 0 radical (unpaired) electrons. The second-order valence-electron chi connectivity index (χ2n) is 6.89. The molecule has 1 saturated heterocycles. The number of rotatable bonds is 8. The van der Waals surface area contributed by atoms with Crippen molar-refractivity contribution in [1.29, 1.82) is 0 Å². The van der Waals surface area contributed by atoms with E-state index in [1.165, 1.54) is 12.1 Å². The van der Waals surface area contributed by atoms with Gasteiger partial charge in [0.05, 0.1) is 17.4 Å². The molecule has 1 unspecified atom stereocenters. The predicted octanol–water partition coefficient (Wildman–Crippen LogP) is 3.45. The average Bonchev–Trinajstić information content (AvgIpc) is 3.21. The van der Waals surface area contributed by atoms with Gasteiger partial charge in [-0.15, -0.1) is 0 Å². The summed E-state index contributed by atoms with van der Waals surface area (Å²) in [5.41, 5.74) is 0.276. The van der Waals surface area contributed by atoms with E-state index in [1.807, 2.05) is 0 Å². The van der Waals surface area contributed by atoms with Gasteiger partial charge < -0.3 is 20.7 Å². The lowest BCUT2D eigenvalue weighted by Gasteiger charge is -2.13. The summed E-state index contributed by atoms with van der Waals surface area (Å²) < 4.78 is 46.1. The second kappa shape index (κ2) is 10.1. The van der Waals surface area contributed by atoms with E-state index in [0.29, 0.717) is 18.3 Å². The lowest BCUT2D eigenvalue weighted by molar-refractivity contribution is -0.116. The van der Waals surface area contributed by atoms with E-state index < -0.39 is 29.3 Å². The molecule has 6 nitrogen and oxygen atoms in total. The van der Waals surface area contributed by atoms with Crippen LogP contribution in [-0.4, -0.2) is 37.6 Å². The second-order valence-corrected chi connectivity index (χ2v) is 6.89. The molecule has 2 amide bonds. The standard InChI is InChI=1S/C21H22F3N3O3/c22-13-3-5-16(17(23)10-13)21(29)25-8-7-20(28)27-14-4-6-19(18(24)11-14)26-12-15-2-1-9-30-15/h3-6,10-11,15,26H,1-2,7-9,12H2,(H,25,29)(H,27,28). The van der Waals surface area contributed by atoms with Crippen LogP contribution in [-0.2, 0) is 9.53 Å². The fourth-order valence-electron chi connectivity index (χ4n) is 3.05. The Morgan fingerprint density at radius 3 is 2.60 bits per heavy atom. The SMILES string of the molecule is O=C(CCNC(=O)c1ccc(F)cc1F)Nc1ccc(NCC2CCCO2)c(F)c1. The zero-order valence-electron chi connectivity index (χ0n) is 16.1. The Morgan fingerprint density at radius 2 is 1.90 bits per heavy atom. The van der Waals surface area contributed by atoms with E-state index in [9.17, 15) is 22.8 Å². The average molecular weight is 421 g/mol. The van der Waals surface area contributed by atoms with Crippen LogP contribution in [0.1, 0.15) is 29.6 Å². The summed E-state index contributed by atoms with van der Waals surface area (Å²) in [6, 6.07) is 6.89. The third-order valence-electron chi connectivity index (χ3n) is 4.61. The topological polar surface area (TPSA) is 79.5 Å². The summed E-state index contributed by atoms with van der Waals surface area (Å²) in [7, 11) is 0. The van der Waals surface area contributed by atoms with E-state index in [-0.39, 0.29) is 30.3 Å². The number of hydrogen-bond acceptors (Lipinski definition) is 4. The number of hydrogen-bond donors (Lipinski definition) is 3. The van der Waals surface area contributed by atoms with E-state index in [1.54, 1.807) is 6.07 Å². The Kier molecular flexibility index (Phi) is 7.29. The molecule has 0 aliphatic carbocycles. The van der Waals surface area contributed by atoms with Gasteiger partial charge in [0.1, 0.15) is 17.5 Å². The molecular weight excluding hydrogens is 399 g/mol. The molecule has 0 aromatic heterocycles. The van der Waals surface area contributed by atoms with Gasteiger partial charge in [0.25, 0.3) is 5.91 Å². The molecule has 9 heteroatoms. The zero-order chi connectivity index (χ0) is 21.5. The van der Waals surface area contributed by atoms with E-state index in [2.05, 4.69) is 16.0 Å². The molecule has 160 valence electrons. The largest absolute Gasteiger partial charge is 0.380 e. The van der Waals surface area contributed by atoms with Crippen molar-refractivity contribution in [2.45, 2.75) is 25.4 Å². The molecule has 2 aromatic carbocycles. The molecule has 1 atom stereocenters. The van der Waals surface area contributed by atoms with Crippen LogP contribution < -0.4 is 16.0 Å². The lowest BCUT2D eigenvalue weighted by Crippen LogP contribution is -2.28. The molecule has 1 heterocycles. The van der Waals surface area contributed by atoms with Crippen molar-refractivity contribution in [1.82, 2.24) is 5.32 Å². The van der Waals surface area contributed by atoms with Gasteiger partial charge >= 0.3 is 0 Å². The third kappa shape index (κ3) is 5.96. The Balaban J connectivity index is 1.44. The molecule has 0 saturated carbocycles. The van der Waals surface area contributed by atoms with Gasteiger partial charge in [-0.1, -0.05) is 0 Å². The number of amides is 2. The van der Waals surface area contributed by atoms with Crippen LogP contribution in [0.4, 0.5) is 24.5 Å². The van der Waals surface area contributed by atoms with Crippen molar-refractivity contribution in [3.8, 4) is 0 Å². The predicted molar refractivity (Wildman–Crippen MR) is 106 cm³/mol. The molecule has 0 bridgehead atoms. The van der Waals surface area contributed by atoms with Gasteiger partial charge in [-0.05, 0) is 43.2 Å². The Bertz CT molecular complexity index is 918. The number of nitrogens with one attached hydrogen (secondary N) is 3. The maximum atomic E-state index is 14.2. The number of benzene rings is 2. The first kappa shape index (κ1) is 21.6. The Morgan fingerprint density at radius 1 is 1.07 bits per heavy atom. The van der Waals surface area contributed by atoms with Gasteiger partial charge in [0.2, 0.25) is 5.91 Å². The van der Waals surface area contributed by atoms with Crippen LogP contribution >= 0.6 is 0 Å². The Hall–Kier alpha value is -3.07. The fourth-order valence-corrected chi connectivity index (χ4v) is 3.05. The van der Waals surface area contributed by atoms with Crippen molar-refractivity contribution in [2.24, 2.45) is 0 Å². The van der Waals surface area contributed by atoms with Crippen LogP contribution in [0.25, 0.3) is 0 Å². The summed E-state index contributed by atoms with van der Waals surface area (Å²) >= 11 is 0. The Labute approximate surface area is 171 Å². The van der Waals surface area contributed by atoms with Crippen molar-refractivity contribution < 1.29 is 27.5 Å². The van der Waals surface area contributed by atoms with Crippen molar-refractivity contribution in [2.75, 3.05) is 30.3 Å². The minimum atomic E-state index is -0.986.